The van der Waals surface area contributed by atoms with Crippen molar-refractivity contribution in [3.63, 3.8) is 0 Å². The van der Waals surface area contributed by atoms with Crippen LogP contribution >= 0.6 is 15.9 Å². The molecule has 1 aliphatic rings. The fraction of sp³-hybridized carbons (Fsp3) is 0.533. The van der Waals surface area contributed by atoms with Crippen LogP contribution in [0.25, 0.3) is 11.0 Å². The molecule has 0 unspecified atom stereocenters. The minimum Gasteiger partial charge on any atom is -0.369 e. The van der Waals surface area contributed by atoms with E-state index >= 15 is 0 Å². The lowest BCUT2D eigenvalue weighted by Crippen LogP contribution is -2.24. The third kappa shape index (κ3) is 2.32. The molecular formula is C15H19BrFN3. The van der Waals surface area contributed by atoms with Gasteiger partial charge in [-0.1, -0.05) is 13.8 Å². The quantitative estimate of drug-likeness (QED) is 0.820. The number of benzene rings is 1. The van der Waals surface area contributed by atoms with Gasteiger partial charge in [-0.15, -0.1) is 0 Å². The fourth-order valence-electron chi connectivity index (χ4n) is 3.14. The highest BCUT2D eigenvalue weighted by Gasteiger charge is 2.29. The van der Waals surface area contributed by atoms with Gasteiger partial charge in [0.25, 0.3) is 0 Å². The van der Waals surface area contributed by atoms with Crippen LogP contribution in [0.2, 0.25) is 0 Å². The molecule has 1 aromatic carbocycles. The van der Waals surface area contributed by atoms with E-state index in [0.717, 1.165) is 18.4 Å². The van der Waals surface area contributed by atoms with Crippen molar-refractivity contribution in [1.82, 2.24) is 9.55 Å². The number of fused-ring (bicyclic) bond motifs is 1. The van der Waals surface area contributed by atoms with Gasteiger partial charge in [0.2, 0.25) is 5.95 Å². The SMILES string of the molecule is CC1(C)CCC(n2c(N)nc3cc(F)c(Br)cc32)CC1. The number of halogens is 2. The molecule has 1 aliphatic carbocycles. The standard InChI is InChI=1S/C15H19BrFN3/c1-15(2)5-3-9(4-6-15)20-13-7-10(16)11(17)8-12(13)19-14(20)18/h7-9H,3-6H2,1-2H3,(H2,18,19). The summed E-state index contributed by atoms with van der Waals surface area (Å²) in [7, 11) is 0. The Bertz CT molecular complexity index is 653. The Morgan fingerprint density at radius 3 is 2.65 bits per heavy atom. The maximum atomic E-state index is 13.6. The molecule has 1 aromatic heterocycles. The van der Waals surface area contributed by atoms with Crippen molar-refractivity contribution in [2.24, 2.45) is 5.41 Å². The van der Waals surface area contributed by atoms with Gasteiger partial charge < -0.3 is 10.3 Å². The van der Waals surface area contributed by atoms with Crippen LogP contribution in [0.15, 0.2) is 16.6 Å². The Labute approximate surface area is 126 Å². The molecule has 2 N–H and O–H groups in total. The fourth-order valence-corrected chi connectivity index (χ4v) is 3.47. The van der Waals surface area contributed by atoms with Crippen LogP contribution in [0, 0.1) is 11.2 Å². The summed E-state index contributed by atoms with van der Waals surface area (Å²) in [5, 5.41) is 0. The number of imidazole rings is 1. The number of aromatic nitrogens is 2. The molecule has 0 bridgehead atoms. The van der Waals surface area contributed by atoms with E-state index in [-0.39, 0.29) is 5.82 Å². The first-order valence-electron chi connectivity index (χ1n) is 7.00. The summed E-state index contributed by atoms with van der Waals surface area (Å²) in [6.07, 6.45) is 4.55. The minimum atomic E-state index is -0.299. The van der Waals surface area contributed by atoms with Crippen LogP contribution in [0.3, 0.4) is 0 Å². The molecule has 3 nitrogen and oxygen atoms in total. The molecule has 0 atom stereocenters. The lowest BCUT2D eigenvalue weighted by atomic mass is 9.75. The normalized spacial score (nSPS) is 19.6. The Balaban J connectivity index is 2.03. The van der Waals surface area contributed by atoms with Crippen molar-refractivity contribution in [3.05, 3.63) is 22.4 Å². The van der Waals surface area contributed by atoms with Crippen LogP contribution in [-0.2, 0) is 0 Å². The molecule has 5 heteroatoms. The van der Waals surface area contributed by atoms with Gasteiger partial charge >= 0.3 is 0 Å². The smallest absolute Gasteiger partial charge is 0.201 e. The minimum absolute atomic E-state index is 0.299. The highest BCUT2D eigenvalue weighted by atomic mass is 79.9. The first-order valence-corrected chi connectivity index (χ1v) is 7.79. The summed E-state index contributed by atoms with van der Waals surface area (Å²) in [6, 6.07) is 3.60. The Hall–Kier alpha value is -1.10. The number of nitrogens with two attached hydrogens (primary N) is 1. The monoisotopic (exact) mass is 339 g/mol. The Kier molecular flexibility index (Phi) is 3.27. The van der Waals surface area contributed by atoms with Gasteiger partial charge in [-0.2, -0.15) is 0 Å². The lowest BCUT2D eigenvalue weighted by Gasteiger charge is -2.35. The second kappa shape index (κ2) is 4.72. The summed E-state index contributed by atoms with van der Waals surface area (Å²) in [6.45, 7) is 4.62. The average Bonchev–Trinajstić information content (AvgIpc) is 2.66. The lowest BCUT2D eigenvalue weighted by molar-refractivity contribution is 0.197. The molecule has 20 heavy (non-hydrogen) atoms. The average molecular weight is 340 g/mol. The Morgan fingerprint density at radius 1 is 1.35 bits per heavy atom. The van der Waals surface area contributed by atoms with Gasteiger partial charge in [0.05, 0.1) is 15.5 Å². The van der Waals surface area contributed by atoms with Crippen LogP contribution in [0.4, 0.5) is 10.3 Å². The van der Waals surface area contributed by atoms with Gasteiger partial charge in [-0.05, 0) is 53.1 Å². The first kappa shape index (κ1) is 13.9. The van der Waals surface area contributed by atoms with E-state index in [9.17, 15) is 4.39 Å². The summed E-state index contributed by atoms with van der Waals surface area (Å²) in [4.78, 5) is 4.31. The molecular weight excluding hydrogens is 321 g/mol. The first-order chi connectivity index (χ1) is 9.37. The predicted octanol–water partition coefficient (Wildman–Crippen LogP) is 4.66. The number of nitrogen functional groups attached to an aromatic ring is 1. The predicted molar refractivity (Wildman–Crippen MR) is 83.1 cm³/mol. The van der Waals surface area contributed by atoms with E-state index in [4.69, 9.17) is 5.73 Å². The molecule has 0 amide bonds. The van der Waals surface area contributed by atoms with E-state index in [2.05, 4.69) is 39.3 Å². The number of hydrogen-bond acceptors (Lipinski definition) is 2. The maximum absolute atomic E-state index is 13.6. The molecule has 0 radical (unpaired) electrons. The van der Waals surface area contributed by atoms with Crippen LogP contribution in [-0.4, -0.2) is 9.55 Å². The molecule has 1 heterocycles. The Morgan fingerprint density at radius 2 is 2.00 bits per heavy atom. The molecule has 2 aromatic rings. The second-order valence-corrected chi connectivity index (χ2v) is 7.34. The number of nitrogens with zero attached hydrogens (tertiary/aromatic N) is 2. The summed E-state index contributed by atoms with van der Waals surface area (Å²) >= 11 is 3.24. The highest BCUT2D eigenvalue weighted by Crippen LogP contribution is 2.42. The maximum Gasteiger partial charge on any atom is 0.201 e. The summed E-state index contributed by atoms with van der Waals surface area (Å²) in [5.41, 5.74) is 8.03. The van der Waals surface area contributed by atoms with Crippen molar-refractivity contribution in [2.75, 3.05) is 5.73 Å². The van der Waals surface area contributed by atoms with E-state index in [0.29, 0.717) is 27.4 Å². The zero-order valence-electron chi connectivity index (χ0n) is 11.8. The molecule has 0 spiro atoms. The van der Waals surface area contributed by atoms with Crippen molar-refractivity contribution in [2.45, 2.75) is 45.6 Å². The van der Waals surface area contributed by atoms with Gasteiger partial charge in [-0.25, -0.2) is 9.37 Å². The molecule has 1 fully saturated rings. The number of rotatable bonds is 1. The van der Waals surface area contributed by atoms with Crippen molar-refractivity contribution in [3.8, 4) is 0 Å². The molecule has 0 saturated heterocycles. The van der Waals surface area contributed by atoms with Crippen molar-refractivity contribution >= 4 is 32.9 Å². The third-order valence-electron chi connectivity index (χ3n) is 4.43. The summed E-state index contributed by atoms with van der Waals surface area (Å²) in [5.74, 6) is 0.189. The number of anilines is 1. The van der Waals surface area contributed by atoms with E-state index < -0.39 is 0 Å². The van der Waals surface area contributed by atoms with Gasteiger partial charge in [0.1, 0.15) is 5.82 Å². The van der Waals surface area contributed by atoms with Crippen LogP contribution in [0.1, 0.15) is 45.6 Å². The van der Waals surface area contributed by atoms with Gasteiger partial charge in [0.15, 0.2) is 0 Å². The number of hydrogen-bond donors (Lipinski definition) is 1. The zero-order chi connectivity index (χ0) is 14.5. The molecule has 0 aliphatic heterocycles. The van der Waals surface area contributed by atoms with Crippen molar-refractivity contribution < 1.29 is 4.39 Å². The van der Waals surface area contributed by atoms with Crippen LogP contribution in [0.5, 0.6) is 0 Å². The second-order valence-electron chi connectivity index (χ2n) is 6.49. The van der Waals surface area contributed by atoms with E-state index in [1.54, 1.807) is 6.07 Å². The summed E-state index contributed by atoms with van der Waals surface area (Å²) < 4.78 is 16.1. The van der Waals surface area contributed by atoms with Crippen molar-refractivity contribution in [1.29, 1.82) is 0 Å². The molecule has 3 rings (SSSR count). The third-order valence-corrected chi connectivity index (χ3v) is 5.04. The van der Waals surface area contributed by atoms with Gasteiger partial charge in [-0.3, -0.25) is 0 Å². The molecule has 108 valence electrons. The zero-order valence-corrected chi connectivity index (χ0v) is 13.4. The highest BCUT2D eigenvalue weighted by molar-refractivity contribution is 9.10. The van der Waals surface area contributed by atoms with Gasteiger partial charge in [0, 0.05) is 12.1 Å². The van der Waals surface area contributed by atoms with Crippen LogP contribution < -0.4 is 5.73 Å². The van der Waals surface area contributed by atoms with E-state index in [1.807, 2.05) is 0 Å². The van der Waals surface area contributed by atoms with E-state index in [1.165, 1.54) is 18.9 Å². The molecule has 1 saturated carbocycles. The topological polar surface area (TPSA) is 43.8 Å². The largest absolute Gasteiger partial charge is 0.369 e.